The van der Waals surface area contributed by atoms with Crippen molar-refractivity contribution < 1.29 is 28.6 Å². The lowest BCUT2D eigenvalue weighted by molar-refractivity contribution is -0.153. The molecule has 0 radical (unpaired) electrons. The number of hydrogen-bond donors (Lipinski definition) is 2. The average Bonchev–Trinajstić information content (AvgIpc) is 2.95. The number of esters is 1. The summed E-state index contributed by atoms with van der Waals surface area (Å²) >= 11 is 6.38. The lowest BCUT2D eigenvalue weighted by atomic mass is 9.86. The number of carboxylic acids is 1. The second kappa shape index (κ2) is 13.2. The van der Waals surface area contributed by atoms with Crippen molar-refractivity contribution in [2.24, 2.45) is 0 Å². The molecule has 0 fully saturated rings. The molecule has 0 saturated heterocycles. The first-order valence-electron chi connectivity index (χ1n) is 13.7. The van der Waals surface area contributed by atoms with Crippen LogP contribution in [0.2, 0.25) is 5.02 Å². The Morgan fingerprint density at radius 1 is 0.881 bits per heavy atom. The van der Waals surface area contributed by atoms with E-state index < -0.39 is 42.2 Å². The van der Waals surface area contributed by atoms with Crippen molar-refractivity contribution in [2.75, 3.05) is 0 Å². The SMILES string of the molecule is CC(C)(C)c1ccc(CC(NC(=O)c2cccc3c(Cl)cccc23)C(OC(=O)CCC(=O)O)c2ccc(F)cc2)cc1. The van der Waals surface area contributed by atoms with E-state index in [4.69, 9.17) is 21.4 Å². The van der Waals surface area contributed by atoms with Crippen molar-refractivity contribution >= 4 is 40.2 Å². The summed E-state index contributed by atoms with van der Waals surface area (Å²) in [5, 5.41) is 14.0. The zero-order valence-electron chi connectivity index (χ0n) is 23.7. The zero-order chi connectivity index (χ0) is 30.4. The molecule has 2 unspecified atom stereocenters. The molecule has 0 spiro atoms. The number of nitrogens with one attached hydrogen (secondary N) is 1. The molecule has 1 amide bonds. The quantitative estimate of drug-likeness (QED) is 0.188. The fourth-order valence-corrected chi connectivity index (χ4v) is 5.03. The maximum atomic E-state index is 13.9. The maximum Gasteiger partial charge on any atom is 0.307 e. The van der Waals surface area contributed by atoms with Crippen molar-refractivity contribution in [1.82, 2.24) is 5.32 Å². The lowest BCUT2D eigenvalue weighted by Crippen LogP contribution is -2.42. The molecule has 4 rings (SSSR count). The van der Waals surface area contributed by atoms with Gasteiger partial charge in [0.1, 0.15) is 11.9 Å². The largest absolute Gasteiger partial charge is 0.481 e. The Bertz CT molecular complexity index is 1580. The number of carbonyl (C=O) groups is 3. The van der Waals surface area contributed by atoms with Crippen LogP contribution in [-0.2, 0) is 26.2 Å². The molecule has 2 atom stereocenters. The number of fused-ring (bicyclic) bond motifs is 1. The Morgan fingerprint density at radius 2 is 1.52 bits per heavy atom. The Balaban J connectivity index is 1.74. The number of carbonyl (C=O) groups excluding carboxylic acids is 2. The van der Waals surface area contributed by atoms with Gasteiger partial charge in [-0.15, -0.1) is 0 Å². The first-order chi connectivity index (χ1) is 19.9. The number of amides is 1. The molecule has 0 bridgehead atoms. The van der Waals surface area contributed by atoms with E-state index in [2.05, 4.69) is 26.1 Å². The van der Waals surface area contributed by atoms with Crippen LogP contribution in [0, 0.1) is 5.82 Å². The molecule has 0 heterocycles. The molecular formula is C34H33ClFNO5. The first-order valence-corrected chi connectivity index (χ1v) is 14.0. The van der Waals surface area contributed by atoms with E-state index in [0.29, 0.717) is 21.5 Å². The third kappa shape index (κ3) is 7.74. The Kier molecular flexibility index (Phi) is 9.63. The number of aliphatic carboxylic acids is 1. The minimum atomic E-state index is -1.14. The van der Waals surface area contributed by atoms with Gasteiger partial charge in [-0.1, -0.05) is 93.0 Å². The predicted octanol–water partition coefficient (Wildman–Crippen LogP) is 7.42. The topological polar surface area (TPSA) is 92.7 Å². The van der Waals surface area contributed by atoms with Gasteiger partial charge in [-0.3, -0.25) is 14.4 Å². The lowest BCUT2D eigenvalue weighted by Gasteiger charge is -2.29. The molecule has 6 nitrogen and oxygen atoms in total. The van der Waals surface area contributed by atoms with Gasteiger partial charge < -0.3 is 15.2 Å². The number of carboxylic acid groups (broad SMARTS) is 1. The van der Waals surface area contributed by atoms with Gasteiger partial charge in [0.25, 0.3) is 5.91 Å². The highest BCUT2D eigenvalue weighted by Gasteiger charge is 2.30. The second-order valence-corrected chi connectivity index (χ2v) is 11.6. The maximum absolute atomic E-state index is 13.9. The van der Waals surface area contributed by atoms with Crippen LogP contribution in [0.1, 0.15) is 66.8 Å². The number of hydrogen-bond acceptors (Lipinski definition) is 4. The van der Waals surface area contributed by atoms with E-state index >= 15 is 0 Å². The van der Waals surface area contributed by atoms with Gasteiger partial charge in [0.2, 0.25) is 0 Å². The highest BCUT2D eigenvalue weighted by molar-refractivity contribution is 6.36. The van der Waals surface area contributed by atoms with E-state index in [0.717, 1.165) is 16.5 Å². The fraction of sp³-hybridized carbons (Fsp3) is 0.265. The summed E-state index contributed by atoms with van der Waals surface area (Å²) in [5.74, 6) is -2.76. The predicted molar refractivity (Wildman–Crippen MR) is 161 cm³/mol. The summed E-state index contributed by atoms with van der Waals surface area (Å²) < 4.78 is 19.7. The molecule has 0 saturated carbocycles. The molecule has 4 aromatic rings. The second-order valence-electron chi connectivity index (χ2n) is 11.2. The van der Waals surface area contributed by atoms with Gasteiger partial charge >= 0.3 is 11.9 Å². The summed E-state index contributed by atoms with van der Waals surface area (Å²) in [6, 6.07) is 23.2. The van der Waals surface area contributed by atoms with Crippen LogP contribution in [0.15, 0.2) is 84.9 Å². The van der Waals surface area contributed by atoms with E-state index in [1.807, 2.05) is 30.3 Å². The molecule has 218 valence electrons. The summed E-state index contributed by atoms with van der Waals surface area (Å²) in [6.07, 6.45) is -1.51. The van der Waals surface area contributed by atoms with Gasteiger partial charge in [0.15, 0.2) is 0 Å². The number of halogens is 2. The van der Waals surface area contributed by atoms with Gasteiger partial charge in [-0.2, -0.15) is 0 Å². The van der Waals surface area contributed by atoms with E-state index in [1.54, 1.807) is 30.3 Å². The fourth-order valence-electron chi connectivity index (χ4n) is 4.79. The van der Waals surface area contributed by atoms with Crippen LogP contribution in [0.4, 0.5) is 4.39 Å². The average molecular weight is 590 g/mol. The van der Waals surface area contributed by atoms with Gasteiger partial charge in [0.05, 0.1) is 18.9 Å². The number of rotatable bonds is 10. The van der Waals surface area contributed by atoms with Gasteiger partial charge in [-0.25, -0.2) is 4.39 Å². The zero-order valence-corrected chi connectivity index (χ0v) is 24.5. The van der Waals surface area contributed by atoms with Crippen molar-refractivity contribution in [3.63, 3.8) is 0 Å². The molecular weight excluding hydrogens is 557 g/mol. The molecule has 0 aliphatic heterocycles. The van der Waals surface area contributed by atoms with Gasteiger partial charge in [0, 0.05) is 16.0 Å². The highest BCUT2D eigenvalue weighted by atomic mass is 35.5. The molecule has 2 N–H and O–H groups in total. The van der Waals surface area contributed by atoms with Crippen LogP contribution < -0.4 is 5.32 Å². The first kappa shape index (κ1) is 30.7. The number of benzene rings is 4. The van der Waals surface area contributed by atoms with Crippen LogP contribution in [0.5, 0.6) is 0 Å². The summed E-state index contributed by atoms with van der Waals surface area (Å²) in [5.41, 5.74) is 2.80. The Morgan fingerprint density at radius 3 is 2.17 bits per heavy atom. The van der Waals surface area contributed by atoms with E-state index in [1.165, 1.54) is 24.3 Å². The van der Waals surface area contributed by atoms with Crippen LogP contribution in [-0.4, -0.2) is 29.0 Å². The molecule has 4 aromatic carbocycles. The minimum absolute atomic E-state index is 0.0574. The van der Waals surface area contributed by atoms with Crippen molar-refractivity contribution in [3.05, 3.63) is 118 Å². The van der Waals surface area contributed by atoms with Crippen LogP contribution in [0.25, 0.3) is 10.8 Å². The third-order valence-electron chi connectivity index (χ3n) is 7.07. The van der Waals surface area contributed by atoms with Crippen LogP contribution in [0.3, 0.4) is 0 Å². The standard InChI is InChI=1S/C34H33ClFNO5/c1-34(2,3)23-14-10-21(11-15-23)20-29(37-33(41)27-8-4-7-26-25(27)6-5-9-28(26)35)32(22-12-16-24(36)17-13-22)42-31(40)19-18-30(38)39/h4-17,29,32H,18-20H2,1-3H3,(H,37,41)(H,38,39). The third-order valence-corrected chi connectivity index (χ3v) is 7.40. The van der Waals surface area contributed by atoms with Crippen molar-refractivity contribution in [1.29, 1.82) is 0 Å². The monoisotopic (exact) mass is 589 g/mol. The minimum Gasteiger partial charge on any atom is -0.481 e. The summed E-state index contributed by atoms with van der Waals surface area (Å²) in [4.78, 5) is 37.7. The number of ether oxygens (including phenoxy) is 1. The Hall–Kier alpha value is -4.23. The molecule has 0 aliphatic rings. The highest BCUT2D eigenvalue weighted by Crippen LogP contribution is 2.29. The van der Waals surface area contributed by atoms with Gasteiger partial charge in [-0.05, 0) is 58.2 Å². The summed E-state index contributed by atoms with van der Waals surface area (Å²) in [7, 11) is 0. The smallest absolute Gasteiger partial charge is 0.307 e. The van der Waals surface area contributed by atoms with Crippen molar-refractivity contribution in [2.45, 2.75) is 57.6 Å². The van der Waals surface area contributed by atoms with Crippen LogP contribution >= 0.6 is 11.6 Å². The Labute approximate surface area is 249 Å². The van der Waals surface area contributed by atoms with E-state index in [9.17, 15) is 18.8 Å². The molecule has 8 heteroatoms. The molecule has 42 heavy (non-hydrogen) atoms. The summed E-state index contributed by atoms with van der Waals surface area (Å²) in [6.45, 7) is 6.34. The van der Waals surface area contributed by atoms with Crippen molar-refractivity contribution in [3.8, 4) is 0 Å². The molecule has 0 aromatic heterocycles. The normalized spacial score (nSPS) is 12.9. The van der Waals surface area contributed by atoms with E-state index in [-0.39, 0.29) is 18.3 Å². The molecule has 0 aliphatic carbocycles.